The molecular formula is C23H20FNO7. The first kappa shape index (κ1) is 22.7. The molecule has 0 aromatic heterocycles. The van der Waals surface area contributed by atoms with Crippen molar-refractivity contribution in [2.75, 3.05) is 13.7 Å². The molecule has 1 fully saturated rings. The summed E-state index contributed by atoms with van der Waals surface area (Å²) < 4.78 is 18.0. The number of ketones is 1. The molecule has 0 spiro atoms. The Hall–Kier alpha value is -4.01. The Morgan fingerprint density at radius 2 is 1.59 bits per heavy atom. The number of amides is 1. The van der Waals surface area contributed by atoms with Gasteiger partial charge in [0.05, 0.1) is 24.3 Å². The second-order valence-corrected chi connectivity index (χ2v) is 7.11. The molecule has 1 heterocycles. The van der Waals surface area contributed by atoms with E-state index >= 15 is 0 Å². The minimum absolute atomic E-state index is 0.0412. The van der Waals surface area contributed by atoms with Crippen molar-refractivity contribution in [3.63, 3.8) is 0 Å². The highest BCUT2D eigenvalue weighted by Crippen LogP contribution is 2.39. The lowest BCUT2D eigenvalue weighted by Gasteiger charge is -2.25. The van der Waals surface area contributed by atoms with Crippen LogP contribution in [0.2, 0.25) is 0 Å². The monoisotopic (exact) mass is 441 g/mol. The number of aliphatic hydroxyl groups excluding tert-OH is 1. The lowest BCUT2D eigenvalue weighted by molar-refractivity contribution is -0.140. The number of nitrogens with zero attached hydrogens (tertiary/aromatic N) is 1. The third-order valence-corrected chi connectivity index (χ3v) is 5.09. The van der Waals surface area contributed by atoms with E-state index in [0.717, 1.165) is 12.1 Å². The molecule has 1 amide bonds. The number of esters is 1. The summed E-state index contributed by atoms with van der Waals surface area (Å²) in [6.07, 6.45) is -0.120. The van der Waals surface area contributed by atoms with Crippen LogP contribution in [0.15, 0.2) is 54.1 Å². The number of aliphatic carboxylic acids is 1. The predicted octanol–water partition coefficient (Wildman–Crippen LogP) is 2.90. The number of methoxy groups -OCH3 is 1. The highest BCUT2D eigenvalue weighted by molar-refractivity contribution is 6.46. The number of rotatable bonds is 7. The van der Waals surface area contributed by atoms with E-state index in [1.165, 1.54) is 48.4 Å². The van der Waals surface area contributed by atoms with Crippen molar-refractivity contribution in [2.45, 2.75) is 18.9 Å². The van der Waals surface area contributed by atoms with Crippen LogP contribution in [0.5, 0.6) is 0 Å². The van der Waals surface area contributed by atoms with Gasteiger partial charge in [-0.3, -0.25) is 14.4 Å². The highest BCUT2D eigenvalue weighted by Gasteiger charge is 2.45. The van der Waals surface area contributed by atoms with E-state index in [1.807, 2.05) is 0 Å². The summed E-state index contributed by atoms with van der Waals surface area (Å²) in [5.74, 6) is -4.47. The molecule has 0 bridgehead atoms. The molecule has 9 heteroatoms. The topological polar surface area (TPSA) is 121 Å². The number of halogens is 1. The molecule has 1 atom stereocenters. The minimum Gasteiger partial charge on any atom is -0.507 e. The SMILES string of the molecule is COC(=O)c1ccc(C2C(=C(O)c3ccc(F)cc3)C(=O)C(=O)N2CCCC(=O)O)cc1. The molecular weight excluding hydrogens is 421 g/mol. The summed E-state index contributed by atoms with van der Waals surface area (Å²) >= 11 is 0. The molecule has 1 aliphatic rings. The molecule has 1 saturated heterocycles. The molecule has 1 aliphatic heterocycles. The quantitative estimate of drug-likeness (QED) is 0.293. The van der Waals surface area contributed by atoms with E-state index < -0.39 is 41.2 Å². The number of hydrogen-bond donors (Lipinski definition) is 2. The number of hydrogen-bond acceptors (Lipinski definition) is 6. The molecule has 1 unspecified atom stereocenters. The molecule has 32 heavy (non-hydrogen) atoms. The number of carbonyl (C=O) groups excluding carboxylic acids is 3. The standard InChI is InChI=1S/C23H20FNO7/c1-32-23(31)15-6-4-13(5-7-15)19-18(20(28)14-8-10-16(24)11-9-14)21(29)22(30)25(19)12-2-3-17(26)27/h4-11,19,28H,2-3,12H2,1H3,(H,26,27). The summed E-state index contributed by atoms with van der Waals surface area (Å²) in [6.45, 7) is -0.0412. The zero-order valence-corrected chi connectivity index (χ0v) is 17.1. The average molecular weight is 441 g/mol. The van der Waals surface area contributed by atoms with E-state index in [0.29, 0.717) is 5.56 Å². The van der Waals surface area contributed by atoms with E-state index in [4.69, 9.17) is 5.11 Å². The van der Waals surface area contributed by atoms with Crippen LogP contribution in [0.3, 0.4) is 0 Å². The number of carboxylic acid groups (broad SMARTS) is 1. The number of likely N-dealkylation sites (tertiary alicyclic amines) is 1. The van der Waals surface area contributed by atoms with Crippen LogP contribution < -0.4 is 0 Å². The van der Waals surface area contributed by atoms with E-state index in [2.05, 4.69) is 4.74 Å². The molecule has 0 radical (unpaired) electrons. The molecule has 0 saturated carbocycles. The van der Waals surface area contributed by atoms with Gasteiger partial charge >= 0.3 is 11.9 Å². The van der Waals surface area contributed by atoms with Gasteiger partial charge in [-0.15, -0.1) is 0 Å². The number of carbonyl (C=O) groups is 4. The van der Waals surface area contributed by atoms with Crippen molar-refractivity contribution in [1.29, 1.82) is 0 Å². The molecule has 3 rings (SSSR count). The van der Waals surface area contributed by atoms with Crippen LogP contribution in [0, 0.1) is 5.82 Å². The first-order valence-corrected chi connectivity index (χ1v) is 9.69. The van der Waals surface area contributed by atoms with Crippen molar-refractivity contribution in [3.05, 3.63) is 76.6 Å². The third-order valence-electron chi connectivity index (χ3n) is 5.09. The Morgan fingerprint density at radius 3 is 2.16 bits per heavy atom. The van der Waals surface area contributed by atoms with Crippen LogP contribution in [-0.4, -0.2) is 52.4 Å². The maximum Gasteiger partial charge on any atom is 0.337 e. The molecule has 8 nitrogen and oxygen atoms in total. The van der Waals surface area contributed by atoms with Crippen LogP contribution in [0.4, 0.5) is 4.39 Å². The second-order valence-electron chi connectivity index (χ2n) is 7.11. The number of aliphatic hydroxyl groups is 1. The normalized spacial score (nSPS) is 17.4. The van der Waals surface area contributed by atoms with Crippen molar-refractivity contribution < 1.29 is 38.5 Å². The van der Waals surface area contributed by atoms with Crippen molar-refractivity contribution >= 4 is 29.4 Å². The van der Waals surface area contributed by atoms with Crippen LogP contribution in [0.1, 0.15) is 40.4 Å². The smallest absolute Gasteiger partial charge is 0.337 e. The largest absolute Gasteiger partial charge is 0.507 e. The first-order valence-electron chi connectivity index (χ1n) is 9.69. The van der Waals surface area contributed by atoms with Crippen LogP contribution >= 0.6 is 0 Å². The zero-order chi connectivity index (χ0) is 23.4. The fourth-order valence-corrected chi connectivity index (χ4v) is 3.54. The van der Waals surface area contributed by atoms with E-state index in [1.54, 1.807) is 0 Å². The molecule has 2 aromatic rings. The lowest BCUT2D eigenvalue weighted by Crippen LogP contribution is -2.31. The fourth-order valence-electron chi connectivity index (χ4n) is 3.54. The molecule has 2 aromatic carbocycles. The van der Waals surface area contributed by atoms with E-state index in [-0.39, 0.29) is 36.1 Å². The Bertz CT molecular complexity index is 1090. The lowest BCUT2D eigenvalue weighted by atomic mass is 9.94. The zero-order valence-electron chi connectivity index (χ0n) is 17.1. The maximum absolute atomic E-state index is 13.3. The minimum atomic E-state index is -1.05. The van der Waals surface area contributed by atoms with Gasteiger partial charge in [0.25, 0.3) is 11.7 Å². The summed E-state index contributed by atoms with van der Waals surface area (Å²) in [4.78, 5) is 49.4. The van der Waals surface area contributed by atoms with Gasteiger partial charge in [-0.2, -0.15) is 0 Å². The van der Waals surface area contributed by atoms with Crippen LogP contribution in [-0.2, 0) is 19.1 Å². The van der Waals surface area contributed by atoms with Gasteiger partial charge in [-0.1, -0.05) is 12.1 Å². The third kappa shape index (κ3) is 4.51. The number of Topliss-reactive ketones (excluding diaryl/α,β-unsaturated/α-hetero) is 1. The van der Waals surface area contributed by atoms with Gasteiger partial charge in [0, 0.05) is 18.5 Å². The van der Waals surface area contributed by atoms with Crippen molar-refractivity contribution in [3.8, 4) is 0 Å². The van der Waals surface area contributed by atoms with Gasteiger partial charge in [-0.05, 0) is 48.4 Å². The average Bonchev–Trinajstić information content (AvgIpc) is 3.03. The summed E-state index contributed by atoms with van der Waals surface area (Å²) in [6, 6.07) is 9.71. The van der Waals surface area contributed by atoms with Crippen molar-refractivity contribution in [2.24, 2.45) is 0 Å². The molecule has 0 aliphatic carbocycles. The number of carboxylic acids is 1. The Labute approximate surface area is 182 Å². The summed E-state index contributed by atoms with van der Waals surface area (Å²) in [5.41, 5.74) is 0.613. The number of ether oxygens (including phenoxy) is 1. The van der Waals surface area contributed by atoms with Gasteiger partial charge in [-0.25, -0.2) is 9.18 Å². The Morgan fingerprint density at radius 1 is 1.00 bits per heavy atom. The predicted molar refractivity (Wildman–Crippen MR) is 110 cm³/mol. The Kier molecular flexibility index (Phi) is 6.67. The number of benzene rings is 2. The molecule has 166 valence electrons. The van der Waals surface area contributed by atoms with Gasteiger partial charge in [0.1, 0.15) is 11.6 Å². The van der Waals surface area contributed by atoms with Gasteiger partial charge in [0.15, 0.2) is 0 Å². The van der Waals surface area contributed by atoms with Crippen LogP contribution in [0.25, 0.3) is 5.76 Å². The highest BCUT2D eigenvalue weighted by atomic mass is 19.1. The first-order chi connectivity index (χ1) is 15.2. The fraction of sp³-hybridized carbons (Fsp3) is 0.217. The summed E-state index contributed by atoms with van der Waals surface area (Å²) in [7, 11) is 1.23. The van der Waals surface area contributed by atoms with Gasteiger partial charge < -0.3 is 19.8 Å². The van der Waals surface area contributed by atoms with E-state index in [9.17, 15) is 28.7 Å². The van der Waals surface area contributed by atoms with Gasteiger partial charge in [0.2, 0.25) is 0 Å². The van der Waals surface area contributed by atoms with Crippen molar-refractivity contribution in [1.82, 2.24) is 4.90 Å². The second kappa shape index (κ2) is 9.42. The Balaban J connectivity index is 2.09. The maximum atomic E-state index is 13.3. The molecule has 2 N–H and O–H groups in total. The summed E-state index contributed by atoms with van der Waals surface area (Å²) in [5, 5.41) is 19.7.